The summed E-state index contributed by atoms with van der Waals surface area (Å²) in [6, 6.07) is 7.62. The van der Waals surface area contributed by atoms with Gasteiger partial charge in [-0.15, -0.1) is 0 Å². The Balaban J connectivity index is 1.11. The van der Waals surface area contributed by atoms with Crippen LogP contribution in [-0.2, 0) is 27.3 Å². The van der Waals surface area contributed by atoms with Crippen molar-refractivity contribution in [1.82, 2.24) is 19.4 Å². The molecular weight excluding hydrogens is 562 g/mol. The average molecular weight is 610 g/mol. The lowest BCUT2D eigenvalue weighted by Crippen LogP contribution is -2.46. The monoisotopic (exact) mass is 609 g/mol. The van der Waals surface area contributed by atoms with Crippen LogP contribution >= 0.6 is 11.6 Å². The van der Waals surface area contributed by atoms with Gasteiger partial charge in [0, 0.05) is 85.6 Å². The molecule has 234 valence electrons. The molecule has 2 unspecified atom stereocenters. The van der Waals surface area contributed by atoms with Crippen molar-refractivity contribution in [2.24, 2.45) is 11.8 Å². The SMILES string of the molecule is Cc1ccc(N(CCCN2C3CC[C@H]2CC(n2c(C)nc4c2CCN(C(=O)C(C)C)C4)C3)C(=O)C2CCOCC2)cc1Cl. The van der Waals surface area contributed by atoms with Gasteiger partial charge in [0.25, 0.3) is 0 Å². The number of benzene rings is 1. The molecule has 3 atom stereocenters. The lowest BCUT2D eigenvalue weighted by atomic mass is 9.95. The second kappa shape index (κ2) is 12.9. The number of carbonyl (C=O) groups is 2. The molecule has 8 nitrogen and oxygen atoms in total. The molecule has 43 heavy (non-hydrogen) atoms. The van der Waals surface area contributed by atoms with E-state index in [4.69, 9.17) is 21.3 Å². The van der Waals surface area contributed by atoms with Crippen molar-refractivity contribution in [3.63, 3.8) is 0 Å². The van der Waals surface area contributed by atoms with Crippen molar-refractivity contribution < 1.29 is 14.3 Å². The number of amides is 2. The fraction of sp³-hybridized carbons (Fsp3) is 0.676. The second-order valence-corrected chi connectivity index (χ2v) is 13.9. The summed E-state index contributed by atoms with van der Waals surface area (Å²) in [4.78, 5) is 38.0. The average Bonchev–Trinajstić information content (AvgIpc) is 3.45. The summed E-state index contributed by atoms with van der Waals surface area (Å²) >= 11 is 6.51. The highest BCUT2D eigenvalue weighted by Gasteiger charge is 2.42. The number of aryl methyl sites for hydroxylation is 2. The Bertz CT molecular complexity index is 1320. The standard InChI is InChI=1S/C34H48ClN5O3/c1-22(2)33(41)37-15-10-32-31(21-37)36-24(4)40(32)29-18-26-8-9-27(19-29)38(26)13-5-14-39(28-7-6-23(3)30(35)20-28)34(42)25-11-16-43-17-12-25/h6-7,20,22,25-27,29H,5,8-19,21H2,1-4H3/t26-,27?,29?/m0/s1. The molecule has 2 aromatic rings. The smallest absolute Gasteiger partial charge is 0.230 e. The predicted molar refractivity (Wildman–Crippen MR) is 169 cm³/mol. The van der Waals surface area contributed by atoms with E-state index < -0.39 is 0 Å². The Hall–Kier alpha value is -2.42. The van der Waals surface area contributed by atoms with Crippen LogP contribution in [-0.4, -0.2) is 76.1 Å². The summed E-state index contributed by atoms with van der Waals surface area (Å²) in [5, 5.41) is 0.707. The topological polar surface area (TPSA) is 70.9 Å². The first kappa shape index (κ1) is 30.6. The lowest BCUT2D eigenvalue weighted by molar-refractivity contribution is -0.135. The fourth-order valence-corrected chi connectivity index (χ4v) is 8.27. The largest absolute Gasteiger partial charge is 0.381 e. The summed E-state index contributed by atoms with van der Waals surface area (Å²) in [6.45, 7) is 12.5. The number of rotatable bonds is 8. The van der Waals surface area contributed by atoms with E-state index >= 15 is 0 Å². The highest BCUT2D eigenvalue weighted by Crippen LogP contribution is 2.42. The van der Waals surface area contributed by atoms with Gasteiger partial charge < -0.3 is 19.1 Å². The van der Waals surface area contributed by atoms with Crippen molar-refractivity contribution >= 4 is 29.1 Å². The maximum atomic E-state index is 13.7. The maximum Gasteiger partial charge on any atom is 0.230 e. The zero-order valence-electron chi connectivity index (χ0n) is 26.4. The third kappa shape index (κ3) is 6.25. The Kier molecular flexibility index (Phi) is 9.18. The third-order valence-electron chi connectivity index (χ3n) is 10.4. The van der Waals surface area contributed by atoms with Gasteiger partial charge in [-0.3, -0.25) is 14.5 Å². The summed E-state index contributed by atoms with van der Waals surface area (Å²) < 4.78 is 8.07. The molecule has 3 fully saturated rings. The van der Waals surface area contributed by atoms with E-state index in [9.17, 15) is 9.59 Å². The lowest BCUT2D eigenvalue weighted by Gasteiger charge is -2.41. The Morgan fingerprint density at radius 3 is 2.47 bits per heavy atom. The molecule has 9 heteroatoms. The highest BCUT2D eigenvalue weighted by molar-refractivity contribution is 6.31. The normalized spacial score (nSPS) is 24.4. The minimum Gasteiger partial charge on any atom is -0.381 e. The Morgan fingerprint density at radius 1 is 1.07 bits per heavy atom. The van der Waals surface area contributed by atoms with E-state index in [-0.39, 0.29) is 23.7 Å². The molecule has 3 saturated heterocycles. The summed E-state index contributed by atoms with van der Waals surface area (Å²) in [7, 11) is 0. The summed E-state index contributed by atoms with van der Waals surface area (Å²) in [6.07, 6.45) is 8.19. The number of hydrogen-bond acceptors (Lipinski definition) is 5. The van der Waals surface area contributed by atoms with Crippen LogP contribution in [0.5, 0.6) is 0 Å². The molecule has 2 bridgehead atoms. The molecule has 0 N–H and O–H groups in total. The van der Waals surface area contributed by atoms with Crippen LogP contribution < -0.4 is 4.90 Å². The van der Waals surface area contributed by atoms with Crippen molar-refractivity contribution in [3.8, 4) is 0 Å². The van der Waals surface area contributed by atoms with Crippen LogP contribution in [0.3, 0.4) is 0 Å². The minimum absolute atomic E-state index is 0.0145. The molecular formula is C34H48ClN5O3. The van der Waals surface area contributed by atoms with Crippen LogP contribution in [0.2, 0.25) is 5.02 Å². The number of imidazole rings is 1. The van der Waals surface area contributed by atoms with E-state index in [2.05, 4.69) is 16.4 Å². The van der Waals surface area contributed by atoms with Crippen LogP contribution in [0, 0.1) is 25.7 Å². The number of hydrogen-bond donors (Lipinski definition) is 0. The van der Waals surface area contributed by atoms with Crippen LogP contribution in [0.15, 0.2) is 18.2 Å². The van der Waals surface area contributed by atoms with E-state index in [1.807, 2.05) is 48.8 Å². The fourth-order valence-electron chi connectivity index (χ4n) is 8.09. The molecule has 0 aliphatic carbocycles. The van der Waals surface area contributed by atoms with Crippen molar-refractivity contribution in [2.45, 2.75) is 104 Å². The van der Waals surface area contributed by atoms with Crippen molar-refractivity contribution in [3.05, 3.63) is 46.0 Å². The van der Waals surface area contributed by atoms with E-state index in [0.29, 0.717) is 49.5 Å². The minimum atomic E-state index is 0.0145. The molecule has 1 aromatic carbocycles. The summed E-state index contributed by atoms with van der Waals surface area (Å²) in [5.41, 5.74) is 4.38. The molecule has 0 radical (unpaired) electrons. The number of anilines is 1. The maximum absolute atomic E-state index is 13.7. The van der Waals surface area contributed by atoms with Crippen molar-refractivity contribution in [2.75, 3.05) is 37.7 Å². The van der Waals surface area contributed by atoms with Crippen molar-refractivity contribution in [1.29, 1.82) is 0 Å². The quantitative estimate of drug-likeness (QED) is 0.383. The van der Waals surface area contributed by atoms with Gasteiger partial charge in [0.15, 0.2) is 0 Å². The molecule has 5 heterocycles. The zero-order valence-corrected chi connectivity index (χ0v) is 27.1. The molecule has 1 aromatic heterocycles. The first-order valence-electron chi connectivity index (χ1n) is 16.5. The Labute approximate surface area is 261 Å². The third-order valence-corrected chi connectivity index (χ3v) is 10.8. The number of aromatic nitrogens is 2. The number of carbonyl (C=O) groups excluding carboxylic acids is 2. The highest BCUT2D eigenvalue weighted by atomic mass is 35.5. The van der Waals surface area contributed by atoms with E-state index in [0.717, 1.165) is 74.4 Å². The number of halogens is 1. The molecule has 6 rings (SSSR count). The van der Waals surface area contributed by atoms with Gasteiger partial charge in [0.1, 0.15) is 5.82 Å². The number of piperidine rings is 1. The van der Waals surface area contributed by atoms with Gasteiger partial charge in [-0.2, -0.15) is 0 Å². The molecule has 0 saturated carbocycles. The number of nitrogens with zero attached hydrogens (tertiary/aromatic N) is 5. The number of fused-ring (bicyclic) bond motifs is 3. The van der Waals surface area contributed by atoms with Gasteiger partial charge >= 0.3 is 0 Å². The van der Waals surface area contributed by atoms with Gasteiger partial charge in [-0.1, -0.05) is 31.5 Å². The van der Waals surface area contributed by atoms with E-state index in [1.54, 1.807) is 0 Å². The number of ether oxygens (including phenoxy) is 1. The van der Waals surface area contributed by atoms with Gasteiger partial charge in [-0.05, 0) is 76.5 Å². The molecule has 4 aliphatic heterocycles. The van der Waals surface area contributed by atoms with Gasteiger partial charge in [0.2, 0.25) is 11.8 Å². The van der Waals surface area contributed by atoms with Crippen LogP contribution in [0.25, 0.3) is 0 Å². The van der Waals surface area contributed by atoms with Crippen LogP contribution in [0.4, 0.5) is 5.69 Å². The molecule has 2 amide bonds. The second-order valence-electron chi connectivity index (χ2n) is 13.5. The molecule has 4 aliphatic rings. The first-order chi connectivity index (χ1) is 20.7. The zero-order chi connectivity index (χ0) is 30.2. The predicted octanol–water partition coefficient (Wildman–Crippen LogP) is 5.71. The van der Waals surface area contributed by atoms with E-state index in [1.165, 1.54) is 18.5 Å². The van der Waals surface area contributed by atoms with Gasteiger partial charge in [-0.25, -0.2) is 4.98 Å². The van der Waals surface area contributed by atoms with Crippen LogP contribution in [0.1, 0.15) is 87.6 Å². The Morgan fingerprint density at radius 2 is 1.79 bits per heavy atom. The van der Waals surface area contributed by atoms with Gasteiger partial charge in [0.05, 0.1) is 12.2 Å². The summed E-state index contributed by atoms with van der Waals surface area (Å²) in [5.74, 6) is 1.56. The molecule has 0 spiro atoms. The first-order valence-corrected chi connectivity index (χ1v) is 16.9.